The van der Waals surface area contributed by atoms with Crippen LogP contribution in [-0.2, 0) is 14.8 Å². The summed E-state index contributed by atoms with van der Waals surface area (Å²) in [7, 11) is -3.35. The number of hydrogen-bond donors (Lipinski definition) is 1. The highest BCUT2D eigenvalue weighted by Crippen LogP contribution is 2.27. The van der Waals surface area contributed by atoms with Gasteiger partial charge in [0.15, 0.2) is 0 Å². The van der Waals surface area contributed by atoms with Crippen LogP contribution < -0.4 is 4.72 Å². The third kappa shape index (κ3) is 3.73. The zero-order valence-electron chi connectivity index (χ0n) is 12.6. The fourth-order valence-corrected chi connectivity index (χ4v) is 3.54. The molecule has 0 unspecified atom stereocenters. The van der Waals surface area contributed by atoms with Crippen LogP contribution in [-0.4, -0.2) is 21.5 Å². The normalized spacial score (nSPS) is 11.2. The largest absolute Gasteiger partial charge is 0.465 e. The molecular formula is C15H12BrF2NO4S. The molecule has 128 valence electrons. The Morgan fingerprint density at radius 2 is 1.83 bits per heavy atom. The van der Waals surface area contributed by atoms with Crippen molar-refractivity contribution in [3.63, 3.8) is 0 Å². The fourth-order valence-electron chi connectivity index (χ4n) is 1.92. The second-order valence-electron chi connectivity index (χ2n) is 4.84. The highest BCUT2D eigenvalue weighted by molar-refractivity contribution is 9.10. The highest BCUT2D eigenvalue weighted by atomic mass is 79.9. The third-order valence-electron chi connectivity index (χ3n) is 3.08. The lowest BCUT2D eigenvalue weighted by atomic mass is 10.2. The molecule has 2 aromatic rings. The van der Waals surface area contributed by atoms with E-state index in [-0.39, 0.29) is 15.7 Å². The quantitative estimate of drug-likeness (QED) is 0.768. The molecule has 0 aromatic heterocycles. The molecule has 24 heavy (non-hydrogen) atoms. The van der Waals surface area contributed by atoms with Gasteiger partial charge in [-0.25, -0.2) is 22.0 Å². The van der Waals surface area contributed by atoms with Crippen LogP contribution in [0.4, 0.5) is 14.5 Å². The molecule has 0 saturated heterocycles. The van der Waals surface area contributed by atoms with Gasteiger partial charge in [0.25, 0.3) is 10.0 Å². The van der Waals surface area contributed by atoms with Crippen LogP contribution in [0.25, 0.3) is 0 Å². The van der Waals surface area contributed by atoms with Crippen LogP contribution in [0.2, 0.25) is 0 Å². The number of ether oxygens (including phenoxy) is 1. The van der Waals surface area contributed by atoms with Gasteiger partial charge in [-0.2, -0.15) is 0 Å². The van der Waals surface area contributed by atoms with E-state index in [1.165, 1.54) is 12.1 Å². The van der Waals surface area contributed by atoms with Crippen molar-refractivity contribution < 1.29 is 26.7 Å². The minimum atomic E-state index is -4.46. The van der Waals surface area contributed by atoms with Crippen molar-refractivity contribution in [1.29, 1.82) is 0 Å². The van der Waals surface area contributed by atoms with E-state index < -0.39 is 32.5 Å². The van der Waals surface area contributed by atoms with E-state index in [1.54, 1.807) is 6.92 Å². The van der Waals surface area contributed by atoms with E-state index in [4.69, 9.17) is 0 Å². The lowest BCUT2D eigenvalue weighted by Gasteiger charge is -2.12. The number of aryl methyl sites for hydroxylation is 1. The summed E-state index contributed by atoms with van der Waals surface area (Å²) in [6, 6.07) is 5.47. The van der Waals surface area contributed by atoms with Crippen molar-refractivity contribution >= 4 is 37.6 Å². The molecule has 5 nitrogen and oxygen atoms in total. The summed E-state index contributed by atoms with van der Waals surface area (Å²) in [6.45, 7) is 1.65. The average Bonchev–Trinajstić information content (AvgIpc) is 2.49. The Balaban J connectivity index is 2.53. The molecule has 0 fully saturated rings. The van der Waals surface area contributed by atoms with Crippen LogP contribution >= 0.6 is 15.9 Å². The number of carbonyl (C=O) groups is 1. The van der Waals surface area contributed by atoms with E-state index in [2.05, 4.69) is 20.7 Å². The van der Waals surface area contributed by atoms with Crippen molar-refractivity contribution in [2.75, 3.05) is 11.8 Å². The number of anilines is 1. The predicted molar refractivity (Wildman–Crippen MR) is 87.4 cm³/mol. The van der Waals surface area contributed by atoms with E-state index in [0.29, 0.717) is 5.56 Å². The van der Waals surface area contributed by atoms with Crippen molar-refractivity contribution in [3.8, 4) is 0 Å². The number of rotatable bonds is 4. The molecule has 9 heteroatoms. The third-order valence-corrected chi connectivity index (χ3v) is 5.12. The topological polar surface area (TPSA) is 72.5 Å². The maximum Gasteiger partial charge on any atom is 0.339 e. The monoisotopic (exact) mass is 419 g/mol. The molecule has 0 radical (unpaired) electrons. The van der Waals surface area contributed by atoms with Crippen LogP contribution in [0, 0.1) is 18.6 Å². The second kappa shape index (κ2) is 6.86. The summed E-state index contributed by atoms with van der Waals surface area (Å²) >= 11 is 2.96. The first-order valence-electron chi connectivity index (χ1n) is 6.52. The smallest absolute Gasteiger partial charge is 0.339 e. The van der Waals surface area contributed by atoms with Gasteiger partial charge in [-0.05, 0) is 52.7 Å². The molecule has 0 aliphatic carbocycles. The van der Waals surface area contributed by atoms with Gasteiger partial charge in [-0.15, -0.1) is 0 Å². The standard InChI is InChI=1S/C15H12BrF2NO4S/c1-8-3-4-11(17)13(5-8)19-24(21,22)14-6-9(15(20)23-2)10(16)7-12(14)18/h3-7,19H,1-2H3. The van der Waals surface area contributed by atoms with E-state index in [9.17, 15) is 22.0 Å². The van der Waals surface area contributed by atoms with Crippen molar-refractivity contribution in [2.45, 2.75) is 11.8 Å². The number of esters is 1. The Labute approximate surface area is 145 Å². The lowest BCUT2D eigenvalue weighted by molar-refractivity contribution is 0.0599. The molecule has 0 aliphatic rings. The zero-order valence-corrected chi connectivity index (χ0v) is 15.0. The maximum absolute atomic E-state index is 14.1. The van der Waals surface area contributed by atoms with Crippen LogP contribution in [0.3, 0.4) is 0 Å². The number of benzene rings is 2. The minimum absolute atomic E-state index is 0.0348. The van der Waals surface area contributed by atoms with Gasteiger partial charge >= 0.3 is 5.97 Å². The lowest BCUT2D eigenvalue weighted by Crippen LogP contribution is -2.17. The van der Waals surface area contributed by atoms with Gasteiger partial charge in [-0.1, -0.05) is 6.07 Å². The molecule has 2 aromatic carbocycles. The van der Waals surface area contributed by atoms with Crippen molar-refractivity contribution in [1.82, 2.24) is 0 Å². The van der Waals surface area contributed by atoms with E-state index in [0.717, 1.165) is 25.3 Å². The van der Waals surface area contributed by atoms with Gasteiger partial charge in [-0.3, -0.25) is 4.72 Å². The molecule has 0 bridgehead atoms. The number of hydrogen-bond acceptors (Lipinski definition) is 4. The van der Waals surface area contributed by atoms with Crippen LogP contribution in [0.5, 0.6) is 0 Å². The first-order chi connectivity index (χ1) is 11.2. The summed E-state index contributed by atoms with van der Waals surface area (Å²) in [4.78, 5) is 10.8. The number of nitrogens with one attached hydrogen (secondary N) is 1. The molecule has 1 N–H and O–H groups in total. The highest BCUT2D eigenvalue weighted by Gasteiger charge is 2.24. The van der Waals surface area contributed by atoms with Gasteiger partial charge in [0, 0.05) is 4.47 Å². The van der Waals surface area contributed by atoms with Crippen molar-refractivity contribution in [2.24, 2.45) is 0 Å². The molecular weight excluding hydrogens is 408 g/mol. The van der Waals surface area contributed by atoms with E-state index >= 15 is 0 Å². The number of methoxy groups -OCH3 is 1. The van der Waals surface area contributed by atoms with E-state index in [1.807, 2.05) is 4.72 Å². The summed E-state index contributed by atoms with van der Waals surface area (Å²) in [5.74, 6) is -2.76. The second-order valence-corrected chi connectivity index (χ2v) is 7.35. The average molecular weight is 420 g/mol. The van der Waals surface area contributed by atoms with Crippen LogP contribution in [0.15, 0.2) is 39.7 Å². The predicted octanol–water partition coefficient (Wildman–Crippen LogP) is 3.62. The minimum Gasteiger partial charge on any atom is -0.465 e. The van der Waals surface area contributed by atoms with Gasteiger partial charge in [0.05, 0.1) is 18.4 Å². The maximum atomic E-state index is 14.1. The zero-order chi connectivity index (χ0) is 18.1. The van der Waals surface area contributed by atoms with Crippen molar-refractivity contribution in [3.05, 3.63) is 57.6 Å². The molecule has 0 heterocycles. The molecule has 0 atom stereocenters. The summed E-state index contributed by atoms with van der Waals surface area (Å²) in [5, 5.41) is 0. The number of halogens is 3. The molecule has 0 aliphatic heterocycles. The first kappa shape index (κ1) is 18.3. The van der Waals surface area contributed by atoms with Gasteiger partial charge < -0.3 is 4.74 Å². The number of sulfonamides is 1. The SMILES string of the molecule is COC(=O)c1cc(S(=O)(=O)Nc2cc(C)ccc2F)c(F)cc1Br. The Hall–Kier alpha value is -2.00. The molecule has 2 rings (SSSR count). The summed E-state index contributed by atoms with van der Waals surface area (Å²) in [5.41, 5.74) is 0.113. The molecule has 0 amide bonds. The fraction of sp³-hybridized carbons (Fsp3) is 0.133. The van der Waals surface area contributed by atoms with Gasteiger partial charge in [0.1, 0.15) is 16.5 Å². The van der Waals surface area contributed by atoms with Gasteiger partial charge in [0.2, 0.25) is 0 Å². The first-order valence-corrected chi connectivity index (χ1v) is 8.79. The van der Waals surface area contributed by atoms with Crippen LogP contribution in [0.1, 0.15) is 15.9 Å². The Kier molecular flexibility index (Phi) is 5.24. The summed E-state index contributed by atoms with van der Waals surface area (Å²) in [6.07, 6.45) is 0. The Morgan fingerprint density at radius 1 is 1.17 bits per heavy atom. The Morgan fingerprint density at radius 3 is 2.46 bits per heavy atom. The summed E-state index contributed by atoms with van der Waals surface area (Å²) < 4.78 is 59.1. The molecule has 0 spiro atoms. The molecule has 0 saturated carbocycles. The number of carbonyl (C=O) groups excluding carboxylic acids is 1. The Bertz CT molecular complexity index is 916.